The van der Waals surface area contributed by atoms with E-state index >= 15 is 0 Å². The Morgan fingerprint density at radius 3 is 1.30 bits per heavy atom. The van der Waals surface area contributed by atoms with E-state index in [1.54, 1.807) is 10.4 Å². The summed E-state index contributed by atoms with van der Waals surface area (Å²) in [6.45, 7) is 40.1. The minimum absolute atomic E-state index is 0.0963. The van der Waals surface area contributed by atoms with Gasteiger partial charge in [0, 0.05) is 61.7 Å². The number of nitrogens with zero attached hydrogens (tertiary/aromatic N) is 13. The van der Waals surface area contributed by atoms with Gasteiger partial charge in [0.05, 0.1) is 50.6 Å². The predicted molar refractivity (Wildman–Crippen MR) is 537 cm³/mol. The van der Waals surface area contributed by atoms with E-state index < -0.39 is 0 Å². The number of imidazole rings is 2. The number of ketones is 1. The Morgan fingerprint density at radius 1 is 0.391 bits per heavy atom. The van der Waals surface area contributed by atoms with Crippen LogP contribution in [0.25, 0.3) is 83.7 Å². The quantitative estimate of drug-likeness (QED) is 0.0951. The lowest BCUT2D eigenvalue weighted by atomic mass is 9.47. The molecule has 11 unspecified atom stereocenters. The number of aldehydes is 2. The average Bonchev–Trinajstić information content (AvgIpc) is 1.64. The monoisotopic (exact) mass is 1780 g/mol. The molecule has 17 heteroatoms. The van der Waals surface area contributed by atoms with Crippen LogP contribution in [-0.4, -0.2) is 93.6 Å². The molecule has 10 aromatic rings. The molecule has 6 saturated carbocycles. The van der Waals surface area contributed by atoms with Crippen LogP contribution in [0.5, 0.6) is 0 Å². The molecule has 0 spiro atoms. The van der Waals surface area contributed by atoms with E-state index in [2.05, 4.69) is 265 Å². The number of aromatic nitrogens is 13. The standard InChI is InChI=1S/C27H34N2.C26H32N2O.C25H29N3O.2C19H25N3O/c1-18-12-14-26(2)19(16-18)8-9-20-21-10-11-25(27(21,3)15-13-22(20)26)29-17-28-23-6-4-5-7-24(23)29;1-25-13-11-18(29)15-17(25)7-8-19-20-9-10-24(26(20,2)14-12-21(19)25)28-16-27-22-5-3-4-6-23(22)28;1-24-13-11-17(29)15-16(24)7-8-18-19-9-10-23(25(19,2)14-12-20(18)24)28-22-6-4-3-5-21(22)26-27-28;1-12(2)15-10-14(11-23)18(19(15,5)13(3)4)22-17-9-7-6-8-16(17)20-21-22;1-12(2)15-10-14(11-23)18(19(15,5)13(3)4)22-20-16-8-6-7-9-17(16)21-22/h4-8,11,17-18,20-22H,9-10,12-16H2,1-3H3;3-7,10,16,18-21,29H,8-9,11-15H2,1-2H3;3-6,10,15,18-20H,7-9,11-14H2,1-2H3;2*6-9,11-13,15H,10H2,1-5H3/t18-,20?,21?,22?,26-,27-;18-,19?,20?,21?,25-,26-;18?,19?,20?,24-,25-;2*15?,19-/m00000/s1. The van der Waals surface area contributed by atoms with Gasteiger partial charge in [-0.3, -0.25) is 14.4 Å². The molecule has 14 aliphatic rings. The van der Waals surface area contributed by atoms with E-state index in [1.807, 2.05) is 83.3 Å². The topological polar surface area (TPSA) is 199 Å². The van der Waals surface area contributed by atoms with Gasteiger partial charge in [-0.15, -0.1) is 20.4 Å². The van der Waals surface area contributed by atoms with E-state index in [0.29, 0.717) is 64.0 Å². The molecule has 0 radical (unpaired) electrons. The van der Waals surface area contributed by atoms with Gasteiger partial charge in [-0.1, -0.05) is 236 Å². The number of fused-ring (bicyclic) bond motifs is 20. The Labute approximate surface area is 788 Å². The number of hydrogen-bond acceptors (Lipinski definition) is 12. The third-order valence-electron chi connectivity index (χ3n) is 39.4. The third kappa shape index (κ3) is 14.6. The molecule has 21 atom stereocenters. The molecule has 0 amide bonds. The van der Waals surface area contributed by atoms with Crippen molar-refractivity contribution in [1.82, 2.24) is 64.1 Å². The SMILES string of the molecule is CC(C)C1CC(C=O)=C(n2nc3ccccc3n2)[C@@]1(C)C(C)C.CC(C)C1CC(C=O)=C(n2nnc3ccccc32)[C@@]1(C)C(C)C.C[C@H]1CC[C@@]2(C)C(=CCC3C2CC[C@]2(C)C(n4cnc5ccccc54)=CCC32)C1.C[C@]12CCC(=O)C=C1CCC1C2CC[C@]2(C)C(n3nnc4ccccc43)=CCC12.C[C@]12CC[C@H](O)CC1=CCC1C2CC[C@]2(C)C(n3cnc4ccccc43)=CCC12. The van der Waals surface area contributed by atoms with Crippen LogP contribution in [0, 0.1) is 138 Å². The van der Waals surface area contributed by atoms with Crippen molar-refractivity contribution in [2.24, 2.45) is 138 Å². The molecule has 24 rings (SSSR count). The van der Waals surface area contributed by atoms with Gasteiger partial charge < -0.3 is 14.2 Å². The van der Waals surface area contributed by atoms with Crippen LogP contribution in [0.2, 0.25) is 0 Å². The van der Waals surface area contributed by atoms with Crippen LogP contribution in [0.15, 0.2) is 198 Å². The molecular weight excluding hydrogens is 1640 g/mol. The van der Waals surface area contributed by atoms with E-state index in [1.165, 1.54) is 124 Å². The van der Waals surface area contributed by atoms with Crippen molar-refractivity contribution in [3.8, 4) is 0 Å². The molecule has 1 N–H and O–H groups in total. The minimum Gasteiger partial charge on any atom is -0.393 e. The van der Waals surface area contributed by atoms with Gasteiger partial charge in [0.25, 0.3) is 0 Å². The summed E-state index contributed by atoms with van der Waals surface area (Å²) in [5.41, 5.74) is 24.8. The Hall–Kier alpha value is -9.87. The molecule has 698 valence electrons. The maximum absolute atomic E-state index is 12.0. The Kier molecular flexibility index (Phi) is 23.5. The van der Waals surface area contributed by atoms with Gasteiger partial charge >= 0.3 is 0 Å². The molecule has 14 aliphatic carbocycles. The molecule has 133 heavy (non-hydrogen) atoms. The summed E-state index contributed by atoms with van der Waals surface area (Å²) in [5, 5.41) is 37.2. The largest absolute Gasteiger partial charge is 0.393 e. The van der Waals surface area contributed by atoms with Crippen molar-refractivity contribution in [3.63, 3.8) is 0 Å². The highest BCUT2D eigenvalue weighted by Crippen LogP contribution is 2.71. The molecule has 5 aromatic carbocycles. The van der Waals surface area contributed by atoms with Crippen molar-refractivity contribution in [2.75, 3.05) is 0 Å². The summed E-state index contributed by atoms with van der Waals surface area (Å²) < 4.78 is 8.80. The number of carbonyl (C=O) groups is 3. The molecule has 6 fully saturated rings. The number of benzene rings is 5. The zero-order chi connectivity index (χ0) is 93.0. The van der Waals surface area contributed by atoms with Crippen LogP contribution in [0.4, 0.5) is 0 Å². The normalized spacial score (nSPS) is 35.2. The highest BCUT2D eigenvalue weighted by Gasteiger charge is 2.62. The number of rotatable bonds is 11. The Balaban J connectivity index is 0.000000104. The summed E-state index contributed by atoms with van der Waals surface area (Å²) in [7, 11) is 0. The van der Waals surface area contributed by atoms with Gasteiger partial charge in [0.2, 0.25) is 0 Å². The van der Waals surface area contributed by atoms with E-state index in [0.717, 1.165) is 184 Å². The first kappa shape index (κ1) is 90.9. The average molecular weight is 1790 g/mol. The molecule has 0 saturated heterocycles. The van der Waals surface area contributed by atoms with Gasteiger partial charge in [0.1, 0.15) is 47.3 Å². The molecular formula is C116H145N13O4. The molecule has 5 aromatic heterocycles. The number of carbonyl (C=O) groups excluding carboxylic acids is 3. The number of aliphatic hydroxyl groups excluding tert-OH is 1. The lowest BCUT2D eigenvalue weighted by Crippen LogP contribution is -2.50. The fourth-order valence-corrected chi connectivity index (χ4v) is 31.4. The highest BCUT2D eigenvalue weighted by molar-refractivity contribution is 5.92. The van der Waals surface area contributed by atoms with Crippen molar-refractivity contribution in [2.45, 2.75) is 271 Å². The minimum atomic E-state index is -0.117. The zero-order valence-corrected chi connectivity index (χ0v) is 82.4. The first-order valence-electron chi connectivity index (χ1n) is 51.4. The number of para-hydroxylation sites is 6. The fourth-order valence-electron chi connectivity index (χ4n) is 31.4. The van der Waals surface area contributed by atoms with Gasteiger partial charge in [-0.25, -0.2) is 19.3 Å². The van der Waals surface area contributed by atoms with Crippen molar-refractivity contribution in [3.05, 3.63) is 198 Å². The second-order valence-electron chi connectivity index (χ2n) is 46.7. The van der Waals surface area contributed by atoms with Crippen LogP contribution >= 0.6 is 0 Å². The van der Waals surface area contributed by atoms with Crippen LogP contribution < -0.4 is 0 Å². The van der Waals surface area contributed by atoms with Crippen LogP contribution in [0.3, 0.4) is 0 Å². The molecule has 17 nitrogen and oxygen atoms in total. The lowest BCUT2D eigenvalue weighted by molar-refractivity contribution is -0.117. The summed E-state index contributed by atoms with van der Waals surface area (Å²) in [4.78, 5) is 46.7. The number of hydrogen-bond donors (Lipinski definition) is 1. The second-order valence-corrected chi connectivity index (χ2v) is 46.7. The van der Waals surface area contributed by atoms with Gasteiger partial charge in [-0.2, -0.15) is 4.80 Å². The molecule has 0 bridgehead atoms. The second kappa shape index (κ2) is 34.4. The number of allylic oxidation sites excluding steroid dienone is 15. The summed E-state index contributed by atoms with van der Waals surface area (Å²) >= 11 is 0. The first-order valence-corrected chi connectivity index (χ1v) is 51.4. The summed E-state index contributed by atoms with van der Waals surface area (Å²) in [5.74, 6) is 10.8. The Morgan fingerprint density at radius 2 is 0.797 bits per heavy atom. The van der Waals surface area contributed by atoms with E-state index in [-0.39, 0.29) is 38.6 Å². The maximum Gasteiger partial charge on any atom is 0.155 e. The van der Waals surface area contributed by atoms with Crippen LogP contribution in [0.1, 0.15) is 265 Å². The van der Waals surface area contributed by atoms with Gasteiger partial charge in [-0.05, 0) is 319 Å². The Bertz CT molecular complexity index is 6250. The zero-order valence-electron chi connectivity index (χ0n) is 82.4. The van der Waals surface area contributed by atoms with Gasteiger partial charge in [0.15, 0.2) is 5.78 Å². The predicted octanol–water partition coefficient (Wildman–Crippen LogP) is 26.7. The number of aliphatic hydroxyl groups is 1. The van der Waals surface area contributed by atoms with Crippen molar-refractivity contribution >= 4 is 102 Å². The van der Waals surface area contributed by atoms with Crippen molar-refractivity contribution < 1.29 is 19.5 Å². The molecule has 0 aliphatic heterocycles. The smallest absolute Gasteiger partial charge is 0.155 e. The summed E-state index contributed by atoms with van der Waals surface area (Å²) in [6, 6.07) is 41.2. The van der Waals surface area contributed by atoms with Crippen molar-refractivity contribution in [1.29, 1.82) is 0 Å². The van der Waals surface area contributed by atoms with E-state index in [4.69, 9.17) is 4.98 Å². The highest BCUT2D eigenvalue weighted by atomic mass is 16.3. The lowest BCUT2D eigenvalue weighted by Gasteiger charge is -2.57. The van der Waals surface area contributed by atoms with E-state index in [9.17, 15) is 19.5 Å². The third-order valence-corrected chi connectivity index (χ3v) is 39.4. The maximum atomic E-state index is 12.0. The summed E-state index contributed by atoms with van der Waals surface area (Å²) in [6.07, 6.45) is 47.6. The fraction of sp³-hybridized carbons (Fsp3) is 0.560. The first-order chi connectivity index (χ1) is 63.8. The molecule has 5 heterocycles. The van der Waals surface area contributed by atoms with Crippen LogP contribution in [-0.2, 0) is 14.4 Å².